The second-order valence-corrected chi connectivity index (χ2v) is 4.67. The van der Waals surface area contributed by atoms with E-state index in [-0.39, 0.29) is 0 Å². The Hall–Kier alpha value is -0.0900. The molecule has 0 bridgehead atoms. The second-order valence-electron chi connectivity index (χ2n) is 3.51. The molecule has 0 aromatic heterocycles. The summed E-state index contributed by atoms with van der Waals surface area (Å²) in [4.78, 5) is 0. The molecule has 78 valence electrons. The third kappa shape index (κ3) is 3.24. The SMILES string of the molecule is CCCCC(NC)c1ccccc1I. The van der Waals surface area contributed by atoms with Gasteiger partial charge in [-0.1, -0.05) is 38.0 Å². The maximum atomic E-state index is 3.39. The highest BCUT2D eigenvalue weighted by Crippen LogP contribution is 2.23. The fraction of sp³-hybridized carbons (Fsp3) is 0.500. The lowest BCUT2D eigenvalue weighted by molar-refractivity contribution is 0.521. The normalized spacial score (nSPS) is 12.8. The van der Waals surface area contributed by atoms with E-state index in [2.05, 4.69) is 59.1 Å². The van der Waals surface area contributed by atoms with Gasteiger partial charge in [0.25, 0.3) is 0 Å². The predicted molar refractivity (Wildman–Crippen MR) is 70.5 cm³/mol. The van der Waals surface area contributed by atoms with Gasteiger partial charge in [0.1, 0.15) is 0 Å². The number of unbranched alkanes of at least 4 members (excludes halogenated alkanes) is 1. The van der Waals surface area contributed by atoms with E-state index in [1.807, 2.05) is 7.05 Å². The molecule has 1 rings (SSSR count). The molecule has 0 saturated carbocycles. The summed E-state index contributed by atoms with van der Waals surface area (Å²) in [6, 6.07) is 9.12. The summed E-state index contributed by atoms with van der Waals surface area (Å²) in [6.07, 6.45) is 3.78. The number of hydrogen-bond donors (Lipinski definition) is 1. The van der Waals surface area contributed by atoms with Crippen molar-refractivity contribution in [2.45, 2.75) is 32.2 Å². The molecule has 0 saturated heterocycles. The van der Waals surface area contributed by atoms with Gasteiger partial charge in [0, 0.05) is 9.61 Å². The van der Waals surface area contributed by atoms with Gasteiger partial charge < -0.3 is 5.32 Å². The first-order chi connectivity index (χ1) is 6.79. The first-order valence-electron chi connectivity index (χ1n) is 5.21. The van der Waals surface area contributed by atoms with Crippen LogP contribution in [0, 0.1) is 3.57 Å². The summed E-state index contributed by atoms with van der Waals surface area (Å²) >= 11 is 2.41. The first kappa shape index (κ1) is 12.0. The van der Waals surface area contributed by atoms with Gasteiger partial charge in [0.05, 0.1) is 0 Å². The van der Waals surface area contributed by atoms with Crippen LogP contribution in [0.4, 0.5) is 0 Å². The van der Waals surface area contributed by atoms with E-state index in [1.165, 1.54) is 28.4 Å². The Balaban J connectivity index is 2.73. The Morgan fingerprint density at radius 1 is 1.36 bits per heavy atom. The van der Waals surface area contributed by atoms with Gasteiger partial charge in [-0.25, -0.2) is 0 Å². The number of nitrogens with one attached hydrogen (secondary N) is 1. The van der Waals surface area contributed by atoms with Crippen molar-refractivity contribution in [1.29, 1.82) is 0 Å². The molecule has 0 spiro atoms. The molecule has 1 atom stereocenters. The summed E-state index contributed by atoms with van der Waals surface area (Å²) in [7, 11) is 2.05. The van der Waals surface area contributed by atoms with Gasteiger partial charge in [-0.05, 0) is 47.7 Å². The Morgan fingerprint density at radius 2 is 2.07 bits per heavy atom. The first-order valence-corrected chi connectivity index (χ1v) is 6.29. The van der Waals surface area contributed by atoms with Crippen LogP contribution in [0.5, 0.6) is 0 Å². The van der Waals surface area contributed by atoms with E-state index in [4.69, 9.17) is 0 Å². The molecule has 1 aromatic rings. The number of hydrogen-bond acceptors (Lipinski definition) is 1. The molecular formula is C12H18IN. The molecule has 1 unspecified atom stereocenters. The van der Waals surface area contributed by atoms with Crippen LogP contribution in [0.25, 0.3) is 0 Å². The zero-order valence-corrected chi connectivity index (χ0v) is 11.0. The molecule has 2 heteroatoms. The average molecular weight is 303 g/mol. The number of halogens is 1. The van der Waals surface area contributed by atoms with Crippen LogP contribution in [-0.2, 0) is 0 Å². The third-order valence-electron chi connectivity index (χ3n) is 2.48. The Bertz CT molecular complexity index is 273. The Morgan fingerprint density at radius 3 is 2.64 bits per heavy atom. The highest BCUT2D eigenvalue weighted by molar-refractivity contribution is 14.1. The van der Waals surface area contributed by atoms with Gasteiger partial charge in [-0.3, -0.25) is 0 Å². The second kappa shape index (κ2) is 6.40. The molecule has 14 heavy (non-hydrogen) atoms. The summed E-state index contributed by atoms with van der Waals surface area (Å²) in [5.74, 6) is 0. The topological polar surface area (TPSA) is 12.0 Å². The Labute approximate surface area is 100 Å². The highest BCUT2D eigenvalue weighted by atomic mass is 127. The number of rotatable bonds is 5. The molecule has 0 fully saturated rings. The molecule has 0 radical (unpaired) electrons. The van der Waals surface area contributed by atoms with Gasteiger partial charge in [-0.2, -0.15) is 0 Å². The largest absolute Gasteiger partial charge is 0.313 e. The summed E-state index contributed by atoms with van der Waals surface area (Å²) < 4.78 is 1.36. The summed E-state index contributed by atoms with van der Waals surface area (Å²) in [5, 5.41) is 3.39. The fourth-order valence-electron chi connectivity index (χ4n) is 1.62. The fourth-order valence-corrected chi connectivity index (χ4v) is 2.38. The quantitative estimate of drug-likeness (QED) is 0.817. The predicted octanol–water partition coefficient (Wildman–Crippen LogP) is 3.74. The molecule has 1 N–H and O–H groups in total. The highest BCUT2D eigenvalue weighted by Gasteiger charge is 2.10. The van der Waals surface area contributed by atoms with Crippen molar-refractivity contribution in [3.63, 3.8) is 0 Å². The van der Waals surface area contributed by atoms with Gasteiger partial charge in [-0.15, -0.1) is 0 Å². The summed E-state index contributed by atoms with van der Waals surface area (Å²) in [6.45, 7) is 2.24. The van der Waals surface area contributed by atoms with Crippen molar-refractivity contribution in [2.75, 3.05) is 7.05 Å². The standard InChI is InChI=1S/C12H18IN/c1-3-4-9-12(14-2)10-7-5-6-8-11(10)13/h5-8,12,14H,3-4,9H2,1-2H3. The lowest BCUT2D eigenvalue weighted by atomic mass is 10.0. The Kier molecular flexibility index (Phi) is 5.48. The summed E-state index contributed by atoms with van der Waals surface area (Å²) in [5.41, 5.74) is 1.43. The minimum atomic E-state index is 0.517. The van der Waals surface area contributed by atoms with Gasteiger partial charge in [0.15, 0.2) is 0 Å². The zero-order chi connectivity index (χ0) is 10.4. The van der Waals surface area contributed by atoms with Crippen LogP contribution >= 0.6 is 22.6 Å². The van der Waals surface area contributed by atoms with Crippen molar-refractivity contribution in [2.24, 2.45) is 0 Å². The molecule has 0 aliphatic carbocycles. The van der Waals surface area contributed by atoms with Crippen LogP contribution in [-0.4, -0.2) is 7.05 Å². The smallest absolute Gasteiger partial charge is 0.0328 e. The van der Waals surface area contributed by atoms with Crippen LogP contribution in [0.2, 0.25) is 0 Å². The number of benzene rings is 1. The van der Waals surface area contributed by atoms with E-state index in [0.717, 1.165) is 0 Å². The average Bonchev–Trinajstić information content (AvgIpc) is 2.21. The van der Waals surface area contributed by atoms with E-state index in [0.29, 0.717) is 6.04 Å². The zero-order valence-electron chi connectivity index (χ0n) is 8.89. The van der Waals surface area contributed by atoms with Crippen LogP contribution in [0.15, 0.2) is 24.3 Å². The monoisotopic (exact) mass is 303 g/mol. The van der Waals surface area contributed by atoms with Crippen molar-refractivity contribution in [3.8, 4) is 0 Å². The molecule has 1 aromatic carbocycles. The molecule has 0 heterocycles. The lowest BCUT2D eigenvalue weighted by Crippen LogP contribution is -2.17. The van der Waals surface area contributed by atoms with E-state index >= 15 is 0 Å². The van der Waals surface area contributed by atoms with Crippen molar-refractivity contribution in [1.82, 2.24) is 5.32 Å². The minimum absolute atomic E-state index is 0.517. The van der Waals surface area contributed by atoms with E-state index < -0.39 is 0 Å². The van der Waals surface area contributed by atoms with Gasteiger partial charge >= 0.3 is 0 Å². The van der Waals surface area contributed by atoms with Crippen LogP contribution in [0.3, 0.4) is 0 Å². The van der Waals surface area contributed by atoms with Crippen molar-refractivity contribution >= 4 is 22.6 Å². The molecular weight excluding hydrogens is 285 g/mol. The van der Waals surface area contributed by atoms with Crippen molar-refractivity contribution in [3.05, 3.63) is 33.4 Å². The maximum absolute atomic E-state index is 3.39. The van der Waals surface area contributed by atoms with E-state index in [9.17, 15) is 0 Å². The molecule has 0 amide bonds. The third-order valence-corrected chi connectivity index (χ3v) is 3.46. The molecule has 0 aliphatic heterocycles. The lowest BCUT2D eigenvalue weighted by Gasteiger charge is -2.17. The minimum Gasteiger partial charge on any atom is -0.313 e. The maximum Gasteiger partial charge on any atom is 0.0328 e. The van der Waals surface area contributed by atoms with Gasteiger partial charge in [0.2, 0.25) is 0 Å². The van der Waals surface area contributed by atoms with Crippen molar-refractivity contribution < 1.29 is 0 Å². The molecule has 0 aliphatic rings. The van der Waals surface area contributed by atoms with E-state index in [1.54, 1.807) is 0 Å². The van der Waals surface area contributed by atoms with Crippen LogP contribution < -0.4 is 5.32 Å². The van der Waals surface area contributed by atoms with Crippen LogP contribution in [0.1, 0.15) is 37.8 Å². The molecule has 1 nitrogen and oxygen atoms in total.